The number of nitrogens with zero attached hydrogens (tertiary/aromatic N) is 2. The van der Waals surface area contributed by atoms with Crippen LogP contribution in [0.5, 0.6) is 0 Å². The topological polar surface area (TPSA) is 51.2 Å². The monoisotopic (exact) mass is 284 g/mol. The van der Waals surface area contributed by atoms with Crippen LogP contribution in [0.1, 0.15) is 31.0 Å². The normalized spacial score (nSPS) is 12.9. The Morgan fingerprint density at radius 3 is 3.06 bits per heavy atom. The van der Waals surface area contributed by atoms with Crippen molar-refractivity contribution in [3.8, 4) is 0 Å². The van der Waals surface area contributed by atoms with Crippen molar-refractivity contribution in [2.75, 3.05) is 0 Å². The molecule has 2 rings (SSSR count). The van der Waals surface area contributed by atoms with E-state index >= 15 is 0 Å². The van der Waals surface area contributed by atoms with E-state index in [1.54, 1.807) is 12.3 Å². The fourth-order valence-electron chi connectivity index (χ4n) is 1.62. The van der Waals surface area contributed by atoms with E-state index in [1.807, 2.05) is 10.8 Å². The second kappa shape index (κ2) is 4.84. The SMILES string of the molecule is CCCn1ccnc1C(O)c1occc1Br. The van der Waals surface area contributed by atoms with Crippen LogP contribution in [0.25, 0.3) is 0 Å². The highest BCUT2D eigenvalue weighted by atomic mass is 79.9. The number of halogens is 1. The predicted molar refractivity (Wildman–Crippen MR) is 63.0 cm³/mol. The van der Waals surface area contributed by atoms with Gasteiger partial charge in [0.05, 0.1) is 10.7 Å². The molecule has 0 fully saturated rings. The van der Waals surface area contributed by atoms with Crippen molar-refractivity contribution in [1.29, 1.82) is 0 Å². The molecule has 86 valence electrons. The van der Waals surface area contributed by atoms with Gasteiger partial charge in [-0.2, -0.15) is 0 Å². The molecule has 16 heavy (non-hydrogen) atoms. The molecule has 5 heteroatoms. The standard InChI is InChI=1S/C11H13BrN2O2/c1-2-5-14-6-4-13-11(14)9(15)10-8(12)3-7-16-10/h3-4,6-7,9,15H,2,5H2,1H3. The zero-order valence-electron chi connectivity index (χ0n) is 8.93. The van der Waals surface area contributed by atoms with Gasteiger partial charge in [0.1, 0.15) is 5.82 Å². The highest BCUT2D eigenvalue weighted by Crippen LogP contribution is 2.28. The van der Waals surface area contributed by atoms with Crippen LogP contribution in [0.3, 0.4) is 0 Å². The summed E-state index contributed by atoms with van der Waals surface area (Å²) >= 11 is 3.33. The van der Waals surface area contributed by atoms with Crippen LogP contribution in [0.2, 0.25) is 0 Å². The first-order valence-electron chi connectivity index (χ1n) is 5.16. The summed E-state index contributed by atoms with van der Waals surface area (Å²) in [5.74, 6) is 1.10. The molecule has 0 saturated carbocycles. The minimum atomic E-state index is -0.828. The van der Waals surface area contributed by atoms with Crippen molar-refractivity contribution >= 4 is 15.9 Å². The summed E-state index contributed by atoms with van der Waals surface area (Å²) in [5.41, 5.74) is 0. The number of furan rings is 1. The molecule has 0 radical (unpaired) electrons. The first-order valence-corrected chi connectivity index (χ1v) is 5.95. The van der Waals surface area contributed by atoms with Gasteiger partial charge in [0.2, 0.25) is 0 Å². The summed E-state index contributed by atoms with van der Waals surface area (Å²) in [6.45, 7) is 2.92. The maximum atomic E-state index is 10.2. The fourth-order valence-corrected chi connectivity index (χ4v) is 2.03. The van der Waals surface area contributed by atoms with Gasteiger partial charge in [0.25, 0.3) is 0 Å². The van der Waals surface area contributed by atoms with Crippen LogP contribution in [0, 0.1) is 0 Å². The van der Waals surface area contributed by atoms with Gasteiger partial charge in [0, 0.05) is 18.9 Å². The Morgan fingerprint density at radius 1 is 1.62 bits per heavy atom. The van der Waals surface area contributed by atoms with E-state index in [0.717, 1.165) is 17.4 Å². The fraction of sp³-hybridized carbons (Fsp3) is 0.364. The van der Waals surface area contributed by atoms with Gasteiger partial charge < -0.3 is 14.1 Å². The van der Waals surface area contributed by atoms with Gasteiger partial charge in [-0.05, 0) is 28.4 Å². The van der Waals surface area contributed by atoms with Crippen molar-refractivity contribution in [3.63, 3.8) is 0 Å². The van der Waals surface area contributed by atoms with E-state index in [4.69, 9.17) is 4.42 Å². The third kappa shape index (κ3) is 2.05. The minimum absolute atomic E-state index is 0.489. The van der Waals surface area contributed by atoms with Crippen molar-refractivity contribution < 1.29 is 9.52 Å². The number of hydrogen-bond acceptors (Lipinski definition) is 3. The molecule has 0 aliphatic rings. The molecule has 2 aromatic rings. The van der Waals surface area contributed by atoms with Gasteiger partial charge in [-0.25, -0.2) is 4.98 Å². The van der Waals surface area contributed by atoms with E-state index < -0.39 is 6.10 Å². The van der Waals surface area contributed by atoms with Gasteiger partial charge in [-0.15, -0.1) is 0 Å². The molecule has 0 saturated heterocycles. The largest absolute Gasteiger partial charge is 0.465 e. The lowest BCUT2D eigenvalue weighted by molar-refractivity contribution is 0.174. The highest BCUT2D eigenvalue weighted by molar-refractivity contribution is 9.10. The lowest BCUT2D eigenvalue weighted by Crippen LogP contribution is -2.09. The first kappa shape index (κ1) is 11.4. The predicted octanol–water partition coefficient (Wildman–Crippen LogP) is 2.73. The number of aliphatic hydroxyl groups excluding tert-OH is 1. The molecule has 0 aliphatic carbocycles. The molecule has 0 spiro atoms. The van der Waals surface area contributed by atoms with Gasteiger partial charge in [-0.3, -0.25) is 0 Å². The van der Waals surface area contributed by atoms with E-state index in [1.165, 1.54) is 6.26 Å². The molecule has 0 bridgehead atoms. The van der Waals surface area contributed by atoms with Crippen molar-refractivity contribution in [2.24, 2.45) is 0 Å². The Hall–Kier alpha value is -1.07. The maximum absolute atomic E-state index is 10.2. The zero-order valence-corrected chi connectivity index (χ0v) is 10.5. The first-order chi connectivity index (χ1) is 7.74. The van der Waals surface area contributed by atoms with E-state index in [9.17, 15) is 5.11 Å². The minimum Gasteiger partial charge on any atom is -0.465 e. The maximum Gasteiger partial charge on any atom is 0.170 e. The Labute approximate surface area is 102 Å². The summed E-state index contributed by atoms with van der Waals surface area (Å²) in [6.07, 6.45) is 5.25. The number of aliphatic hydroxyl groups is 1. The van der Waals surface area contributed by atoms with Crippen LogP contribution >= 0.6 is 15.9 Å². The molecule has 2 heterocycles. The van der Waals surface area contributed by atoms with Gasteiger partial charge >= 0.3 is 0 Å². The summed E-state index contributed by atoms with van der Waals surface area (Å²) < 4.78 is 7.92. The quantitative estimate of drug-likeness (QED) is 0.939. The Morgan fingerprint density at radius 2 is 2.44 bits per heavy atom. The van der Waals surface area contributed by atoms with E-state index in [2.05, 4.69) is 27.8 Å². The molecule has 1 N–H and O–H groups in total. The van der Waals surface area contributed by atoms with Gasteiger partial charge in [0.15, 0.2) is 11.9 Å². The number of hydrogen-bond donors (Lipinski definition) is 1. The molecular formula is C11H13BrN2O2. The van der Waals surface area contributed by atoms with Crippen LogP contribution < -0.4 is 0 Å². The number of aromatic nitrogens is 2. The molecule has 1 unspecified atom stereocenters. The summed E-state index contributed by atoms with van der Waals surface area (Å²) in [6, 6.07) is 1.76. The molecule has 0 aliphatic heterocycles. The zero-order chi connectivity index (χ0) is 11.5. The van der Waals surface area contributed by atoms with Gasteiger partial charge in [-0.1, -0.05) is 6.92 Å². The number of rotatable bonds is 4. The Kier molecular flexibility index (Phi) is 3.46. The average Bonchev–Trinajstić information content (AvgIpc) is 2.87. The third-order valence-electron chi connectivity index (χ3n) is 2.35. The van der Waals surface area contributed by atoms with Crippen LogP contribution in [0.4, 0.5) is 0 Å². The molecular weight excluding hydrogens is 272 g/mol. The average molecular weight is 285 g/mol. The van der Waals surface area contributed by atoms with Crippen molar-refractivity contribution in [3.05, 3.63) is 40.8 Å². The van der Waals surface area contributed by atoms with Crippen molar-refractivity contribution in [2.45, 2.75) is 26.0 Å². The molecule has 1 atom stereocenters. The lowest BCUT2D eigenvalue weighted by atomic mass is 10.2. The van der Waals surface area contributed by atoms with E-state index in [-0.39, 0.29) is 0 Å². The second-order valence-electron chi connectivity index (χ2n) is 3.51. The van der Waals surface area contributed by atoms with Crippen LogP contribution in [-0.4, -0.2) is 14.7 Å². The summed E-state index contributed by atoms with van der Waals surface area (Å²) in [7, 11) is 0. The molecule has 2 aromatic heterocycles. The summed E-state index contributed by atoms with van der Waals surface area (Å²) in [4.78, 5) is 4.16. The molecule has 4 nitrogen and oxygen atoms in total. The third-order valence-corrected chi connectivity index (χ3v) is 3.01. The lowest BCUT2D eigenvalue weighted by Gasteiger charge is -2.11. The smallest absolute Gasteiger partial charge is 0.170 e. The Bertz CT molecular complexity index is 464. The number of imidazole rings is 1. The highest BCUT2D eigenvalue weighted by Gasteiger charge is 2.21. The molecule has 0 amide bonds. The van der Waals surface area contributed by atoms with Crippen LogP contribution in [0.15, 0.2) is 33.6 Å². The summed E-state index contributed by atoms with van der Waals surface area (Å²) in [5, 5.41) is 10.2. The molecule has 0 aromatic carbocycles. The van der Waals surface area contributed by atoms with Crippen LogP contribution in [-0.2, 0) is 6.54 Å². The van der Waals surface area contributed by atoms with E-state index in [0.29, 0.717) is 11.6 Å². The second-order valence-corrected chi connectivity index (χ2v) is 4.37. The number of aryl methyl sites for hydroxylation is 1. The Balaban J connectivity index is 2.30. The van der Waals surface area contributed by atoms with Crippen molar-refractivity contribution in [1.82, 2.24) is 9.55 Å².